The highest BCUT2D eigenvalue weighted by atomic mass is 35.5. The molecule has 16 heavy (non-hydrogen) atoms. The minimum absolute atomic E-state index is 0. The van der Waals surface area contributed by atoms with Crippen LogP contribution in [0, 0.1) is 0 Å². The monoisotopic (exact) mass is 250 g/mol. The van der Waals surface area contributed by atoms with E-state index in [0.29, 0.717) is 12.6 Å². The van der Waals surface area contributed by atoms with Gasteiger partial charge in [0.1, 0.15) is 6.61 Å². The maximum absolute atomic E-state index is 11.3. The van der Waals surface area contributed by atoms with Crippen LogP contribution in [-0.4, -0.2) is 38.3 Å². The molecule has 0 aromatic rings. The zero-order valence-electron chi connectivity index (χ0n) is 9.96. The van der Waals surface area contributed by atoms with Crippen molar-refractivity contribution in [2.45, 2.75) is 38.6 Å². The average Bonchev–Trinajstić information content (AvgIpc) is 2.74. The standard InChI is InChI=1S/C11H22N2O2.ClH/c1-2-3-7-15-9-11(14)13-8-10-5-4-6-12-10;/h10,12H,2-9H2,1H3,(H,13,14);1H. The molecule has 2 N–H and O–H groups in total. The Bertz CT molecular complexity index is 185. The summed E-state index contributed by atoms with van der Waals surface area (Å²) in [5.74, 6) is -0.000182. The van der Waals surface area contributed by atoms with Gasteiger partial charge in [-0.1, -0.05) is 13.3 Å². The molecule has 0 bridgehead atoms. The lowest BCUT2D eigenvalue weighted by Crippen LogP contribution is -2.38. The number of amides is 1. The molecule has 0 aromatic carbocycles. The Balaban J connectivity index is 0.00000225. The molecule has 5 heteroatoms. The van der Waals surface area contributed by atoms with E-state index in [4.69, 9.17) is 4.74 Å². The first-order valence-electron chi connectivity index (χ1n) is 5.90. The number of carbonyl (C=O) groups excluding carboxylic acids is 1. The van der Waals surface area contributed by atoms with Crippen molar-refractivity contribution in [1.29, 1.82) is 0 Å². The molecule has 1 saturated heterocycles. The summed E-state index contributed by atoms with van der Waals surface area (Å²) in [7, 11) is 0. The van der Waals surface area contributed by atoms with Gasteiger partial charge in [0, 0.05) is 19.2 Å². The fourth-order valence-corrected chi connectivity index (χ4v) is 1.63. The summed E-state index contributed by atoms with van der Waals surface area (Å²) in [6, 6.07) is 0.463. The minimum atomic E-state index is -0.000182. The fraction of sp³-hybridized carbons (Fsp3) is 0.909. The first kappa shape index (κ1) is 15.7. The average molecular weight is 251 g/mol. The van der Waals surface area contributed by atoms with Crippen LogP contribution in [0.4, 0.5) is 0 Å². The van der Waals surface area contributed by atoms with Gasteiger partial charge in [-0.3, -0.25) is 4.79 Å². The Kier molecular flexibility index (Phi) is 9.68. The summed E-state index contributed by atoms with van der Waals surface area (Å²) in [5, 5.41) is 6.21. The van der Waals surface area contributed by atoms with Crippen LogP contribution in [0.3, 0.4) is 0 Å². The van der Waals surface area contributed by atoms with Gasteiger partial charge in [-0.25, -0.2) is 0 Å². The molecule has 96 valence electrons. The molecule has 0 aliphatic carbocycles. The Morgan fingerprint density at radius 3 is 3.00 bits per heavy atom. The third-order valence-corrected chi connectivity index (χ3v) is 2.58. The number of halogens is 1. The predicted octanol–water partition coefficient (Wildman–Crippen LogP) is 1.09. The molecule has 1 amide bonds. The molecule has 1 rings (SSSR count). The van der Waals surface area contributed by atoms with E-state index < -0.39 is 0 Å². The number of nitrogens with one attached hydrogen (secondary N) is 2. The topological polar surface area (TPSA) is 50.4 Å². The Labute approximate surface area is 104 Å². The maximum atomic E-state index is 11.3. The van der Waals surface area contributed by atoms with Crippen molar-refractivity contribution in [2.24, 2.45) is 0 Å². The highest BCUT2D eigenvalue weighted by molar-refractivity contribution is 5.85. The van der Waals surface area contributed by atoms with Crippen LogP contribution < -0.4 is 10.6 Å². The zero-order chi connectivity index (χ0) is 10.9. The number of ether oxygens (including phenoxy) is 1. The molecule has 4 nitrogen and oxygen atoms in total. The highest BCUT2D eigenvalue weighted by Crippen LogP contribution is 2.02. The van der Waals surface area contributed by atoms with E-state index >= 15 is 0 Å². The Hall–Kier alpha value is -0.320. The summed E-state index contributed by atoms with van der Waals surface area (Å²) < 4.78 is 5.22. The van der Waals surface area contributed by atoms with Gasteiger partial charge in [-0.2, -0.15) is 0 Å². The number of rotatable bonds is 7. The van der Waals surface area contributed by atoms with E-state index in [9.17, 15) is 4.79 Å². The maximum Gasteiger partial charge on any atom is 0.246 e. The van der Waals surface area contributed by atoms with Crippen LogP contribution in [0.15, 0.2) is 0 Å². The smallest absolute Gasteiger partial charge is 0.246 e. The number of hydrogen-bond donors (Lipinski definition) is 2. The molecular weight excluding hydrogens is 228 g/mol. The molecule has 0 radical (unpaired) electrons. The molecule has 0 saturated carbocycles. The lowest BCUT2D eigenvalue weighted by atomic mass is 10.2. The summed E-state index contributed by atoms with van der Waals surface area (Å²) >= 11 is 0. The predicted molar refractivity (Wildman–Crippen MR) is 67.0 cm³/mol. The van der Waals surface area contributed by atoms with Crippen LogP contribution in [-0.2, 0) is 9.53 Å². The number of unbranched alkanes of at least 4 members (excludes halogenated alkanes) is 1. The van der Waals surface area contributed by atoms with Gasteiger partial charge in [-0.15, -0.1) is 12.4 Å². The second kappa shape index (κ2) is 9.87. The van der Waals surface area contributed by atoms with Gasteiger partial charge < -0.3 is 15.4 Å². The van der Waals surface area contributed by atoms with Gasteiger partial charge >= 0.3 is 0 Å². The summed E-state index contributed by atoms with van der Waals surface area (Å²) in [6.45, 7) is 4.80. The van der Waals surface area contributed by atoms with E-state index in [2.05, 4.69) is 17.6 Å². The molecule has 1 aliphatic rings. The van der Waals surface area contributed by atoms with Crippen molar-refractivity contribution < 1.29 is 9.53 Å². The third kappa shape index (κ3) is 7.04. The quantitative estimate of drug-likeness (QED) is 0.666. The SMILES string of the molecule is CCCCOCC(=O)NCC1CCCN1.Cl. The molecular formula is C11H23ClN2O2. The van der Waals surface area contributed by atoms with Gasteiger partial charge in [0.05, 0.1) is 0 Å². The molecule has 0 aromatic heterocycles. The first-order chi connectivity index (χ1) is 7.33. The molecule has 1 unspecified atom stereocenters. The Morgan fingerprint density at radius 1 is 1.56 bits per heavy atom. The summed E-state index contributed by atoms with van der Waals surface area (Å²) in [5.41, 5.74) is 0. The van der Waals surface area contributed by atoms with Gasteiger partial charge in [0.2, 0.25) is 5.91 Å². The molecule has 1 aliphatic heterocycles. The van der Waals surface area contributed by atoms with Crippen molar-refractivity contribution >= 4 is 18.3 Å². The summed E-state index contributed by atoms with van der Waals surface area (Å²) in [6.07, 6.45) is 4.51. The molecule has 1 heterocycles. The van der Waals surface area contributed by atoms with Gasteiger partial charge in [-0.05, 0) is 25.8 Å². The van der Waals surface area contributed by atoms with E-state index in [1.807, 2.05) is 0 Å². The highest BCUT2D eigenvalue weighted by Gasteiger charge is 2.14. The third-order valence-electron chi connectivity index (χ3n) is 2.58. The summed E-state index contributed by atoms with van der Waals surface area (Å²) in [4.78, 5) is 11.3. The second-order valence-electron chi connectivity index (χ2n) is 4.00. The lowest BCUT2D eigenvalue weighted by molar-refractivity contribution is -0.125. The van der Waals surface area contributed by atoms with E-state index in [0.717, 1.165) is 32.4 Å². The largest absolute Gasteiger partial charge is 0.372 e. The van der Waals surface area contributed by atoms with Crippen LogP contribution >= 0.6 is 12.4 Å². The van der Waals surface area contributed by atoms with Gasteiger partial charge in [0.15, 0.2) is 0 Å². The van der Waals surface area contributed by atoms with Crippen molar-refractivity contribution in [3.8, 4) is 0 Å². The van der Waals surface area contributed by atoms with Crippen LogP contribution in [0.25, 0.3) is 0 Å². The number of carbonyl (C=O) groups is 1. The van der Waals surface area contributed by atoms with Gasteiger partial charge in [0.25, 0.3) is 0 Å². The van der Waals surface area contributed by atoms with Crippen molar-refractivity contribution in [3.05, 3.63) is 0 Å². The normalized spacial score (nSPS) is 19.2. The molecule has 1 atom stereocenters. The van der Waals surface area contributed by atoms with Crippen LogP contribution in [0.2, 0.25) is 0 Å². The first-order valence-corrected chi connectivity index (χ1v) is 5.90. The Morgan fingerprint density at radius 2 is 2.38 bits per heavy atom. The van der Waals surface area contributed by atoms with Crippen LogP contribution in [0.5, 0.6) is 0 Å². The van der Waals surface area contributed by atoms with E-state index in [1.54, 1.807) is 0 Å². The second-order valence-corrected chi connectivity index (χ2v) is 4.00. The lowest BCUT2D eigenvalue weighted by Gasteiger charge is -2.11. The van der Waals surface area contributed by atoms with Crippen molar-refractivity contribution in [1.82, 2.24) is 10.6 Å². The minimum Gasteiger partial charge on any atom is -0.372 e. The molecule has 1 fully saturated rings. The molecule has 0 spiro atoms. The van der Waals surface area contributed by atoms with Crippen molar-refractivity contribution in [3.63, 3.8) is 0 Å². The van der Waals surface area contributed by atoms with E-state index in [-0.39, 0.29) is 24.9 Å². The van der Waals surface area contributed by atoms with E-state index in [1.165, 1.54) is 6.42 Å². The zero-order valence-corrected chi connectivity index (χ0v) is 10.8. The fourth-order valence-electron chi connectivity index (χ4n) is 1.63. The van der Waals surface area contributed by atoms with Crippen LogP contribution in [0.1, 0.15) is 32.6 Å². The number of hydrogen-bond acceptors (Lipinski definition) is 3. The van der Waals surface area contributed by atoms with Crippen molar-refractivity contribution in [2.75, 3.05) is 26.3 Å².